The molecule has 0 bridgehead atoms. The van der Waals surface area contributed by atoms with Gasteiger partial charge in [-0.25, -0.2) is 17.7 Å². The fourth-order valence-electron chi connectivity index (χ4n) is 3.92. The number of nitrogens with two attached hydrogens (primary N) is 1. The van der Waals surface area contributed by atoms with E-state index in [9.17, 15) is 8.42 Å². The monoisotopic (exact) mass is 452 g/mol. The van der Waals surface area contributed by atoms with Crippen LogP contribution in [0.5, 0.6) is 0 Å². The van der Waals surface area contributed by atoms with E-state index in [1.807, 2.05) is 6.07 Å². The molecule has 1 aromatic heterocycles. The summed E-state index contributed by atoms with van der Waals surface area (Å²) >= 11 is 8.20. The zero-order valence-corrected chi connectivity index (χ0v) is 18.4. The fraction of sp³-hybridized carbons (Fsp3) is 0.474. The molecule has 0 radical (unpaired) electrons. The molecule has 1 fully saturated rings. The Morgan fingerprint density at radius 2 is 2.24 bits per heavy atom. The van der Waals surface area contributed by atoms with Gasteiger partial charge in [0.05, 0.1) is 0 Å². The van der Waals surface area contributed by atoms with Crippen LogP contribution >= 0.6 is 23.4 Å². The molecule has 0 amide bonds. The SMILES string of the molecule is CC#Cc1cncc(C2CC(Cl)=C([C@]34CCCOC3S(=O)(=O)N(C)C(N)=N4)S2)c1. The van der Waals surface area contributed by atoms with E-state index in [0.717, 1.165) is 20.3 Å². The molecule has 0 spiro atoms. The zero-order chi connectivity index (χ0) is 20.8. The average Bonchev–Trinajstić information content (AvgIpc) is 3.09. The molecule has 0 aliphatic carbocycles. The lowest BCUT2D eigenvalue weighted by molar-refractivity contribution is 0.0205. The Balaban J connectivity index is 1.74. The highest BCUT2D eigenvalue weighted by Gasteiger charge is 2.58. The summed E-state index contributed by atoms with van der Waals surface area (Å²) in [5, 5.41) is 0.595. The van der Waals surface area contributed by atoms with Crippen molar-refractivity contribution in [2.24, 2.45) is 10.7 Å². The maximum atomic E-state index is 13.0. The van der Waals surface area contributed by atoms with Gasteiger partial charge < -0.3 is 10.5 Å². The molecule has 2 unspecified atom stereocenters. The van der Waals surface area contributed by atoms with E-state index in [1.54, 1.807) is 19.3 Å². The minimum Gasteiger partial charge on any atom is -0.369 e. The van der Waals surface area contributed by atoms with Crippen molar-refractivity contribution in [1.82, 2.24) is 9.29 Å². The van der Waals surface area contributed by atoms with Crippen molar-refractivity contribution in [3.8, 4) is 11.8 Å². The summed E-state index contributed by atoms with van der Waals surface area (Å²) in [6.45, 7) is 2.13. The van der Waals surface area contributed by atoms with Crippen LogP contribution in [-0.4, -0.2) is 48.3 Å². The lowest BCUT2D eigenvalue weighted by Gasteiger charge is -2.45. The number of nitrogens with zero attached hydrogens (tertiary/aromatic N) is 3. The van der Waals surface area contributed by atoms with Crippen molar-refractivity contribution in [2.45, 2.75) is 42.4 Å². The third-order valence-corrected chi connectivity index (χ3v) is 9.35. The van der Waals surface area contributed by atoms with Crippen LogP contribution in [0.25, 0.3) is 0 Å². The number of hydrogen-bond donors (Lipinski definition) is 1. The van der Waals surface area contributed by atoms with Crippen LogP contribution in [0.15, 0.2) is 33.4 Å². The maximum absolute atomic E-state index is 13.0. The number of thioether (sulfide) groups is 1. The Bertz CT molecular complexity index is 1080. The first-order valence-electron chi connectivity index (χ1n) is 9.18. The van der Waals surface area contributed by atoms with Gasteiger partial charge in [0.25, 0.3) is 10.0 Å². The number of ether oxygens (including phenoxy) is 1. The zero-order valence-electron chi connectivity index (χ0n) is 16.1. The average molecular weight is 453 g/mol. The van der Waals surface area contributed by atoms with Crippen LogP contribution in [-0.2, 0) is 14.8 Å². The van der Waals surface area contributed by atoms with E-state index in [1.165, 1.54) is 18.8 Å². The predicted molar refractivity (Wildman–Crippen MR) is 115 cm³/mol. The molecule has 1 aromatic rings. The number of hydrogen-bond acceptors (Lipinski definition) is 7. The molecule has 3 atom stereocenters. The van der Waals surface area contributed by atoms with Crippen LogP contribution < -0.4 is 5.73 Å². The van der Waals surface area contributed by atoms with Crippen LogP contribution in [0.3, 0.4) is 0 Å². The Morgan fingerprint density at radius 3 is 3.00 bits per heavy atom. The normalized spacial score (nSPS) is 31.0. The largest absolute Gasteiger partial charge is 0.369 e. The molecule has 10 heteroatoms. The van der Waals surface area contributed by atoms with Gasteiger partial charge in [-0.2, -0.15) is 0 Å². The Hall–Kier alpha value is -1.73. The number of aliphatic imine (C=N–C) groups is 1. The minimum absolute atomic E-state index is 0.000609. The number of halogens is 1. The van der Waals surface area contributed by atoms with Crippen LogP contribution in [0.4, 0.5) is 0 Å². The third kappa shape index (κ3) is 3.32. The first kappa shape index (κ1) is 20.5. The number of rotatable bonds is 2. The molecule has 154 valence electrons. The summed E-state index contributed by atoms with van der Waals surface area (Å²) < 4.78 is 32.8. The third-order valence-electron chi connectivity index (χ3n) is 5.32. The number of guanidine groups is 1. The van der Waals surface area contributed by atoms with E-state index in [0.29, 0.717) is 30.9 Å². The summed E-state index contributed by atoms with van der Waals surface area (Å²) in [7, 11) is -2.42. The Kier molecular flexibility index (Phi) is 5.32. The molecule has 3 aliphatic heterocycles. The summed E-state index contributed by atoms with van der Waals surface area (Å²) in [5.41, 5.74) is 5.57. The number of allylic oxidation sites excluding steroid dienone is 1. The van der Waals surface area contributed by atoms with Gasteiger partial charge in [0.2, 0.25) is 11.4 Å². The van der Waals surface area contributed by atoms with Gasteiger partial charge in [-0.1, -0.05) is 17.5 Å². The number of aromatic nitrogens is 1. The van der Waals surface area contributed by atoms with Gasteiger partial charge in [-0.05, 0) is 31.4 Å². The minimum atomic E-state index is -3.81. The summed E-state index contributed by atoms with van der Waals surface area (Å²) in [6.07, 6.45) is 5.26. The first-order valence-corrected chi connectivity index (χ1v) is 11.9. The molecule has 29 heavy (non-hydrogen) atoms. The van der Waals surface area contributed by atoms with E-state index in [-0.39, 0.29) is 11.2 Å². The molecule has 4 rings (SSSR count). The van der Waals surface area contributed by atoms with Crippen LogP contribution in [0.2, 0.25) is 0 Å². The van der Waals surface area contributed by atoms with Gasteiger partial charge in [0.15, 0.2) is 0 Å². The van der Waals surface area contributed by atoms with Gasteiger partial charge in [0.1, 0.15) is 5.54 Å². The number of sulfonamides is 1. The second-order valence-electron chi connectivity index (χ2n) is 7.14. The highest BCUT2D eigenvalue weighted by molar-refractivity contribution is 8.03. The van der Waals surface area contributed by atoms with Gasteiger partial charge >= 0.3 is 0 Å². The molecule has 7 nitrogen and oxygen atoms in total. The van der Waals surface area contributed by atoms with Crippen molar-refractivity contribution >= 4 is 39.3 Å². The highest BCUT2D eigenvalue weighted by Crippen LogP contribution is 2.57. The molecule has 0 saturated carbocycles. The van der Waals surface area contributed by atoms with E-state index in [4.69, 9.17) is 22.1 Å². The van der Waals surface area contributed by atoms with Crippen molar-refractivity contribution < 1.29 is 13.2 Å². The lowest BCUT2D eigenvalue weighted by Crippen LogP contribution is -2.61. The smallest absolute Gasteiger partial charge is 0.267 e. The second-order valence-corrected chi connectivity index (χ2v) is 10.8. The van der Waals surface area contributed by atoms with Gasteiger partial charge in [0, 0.05) is 53.2 Å². The Labute approximate surface area is 179 Å². The van der Waals surface area contributed by atoms with Crippen LogP contribution in [0, 0.1) is 11.8 Å². The quantitative estimate of drug-likeness (QED) is 0.692. The topological polar surface area (TPSA) is 97.9 Å². The van der Waals surface area contributed by atoms with Crippen molar-refractivity contribution in [3.63, 3.8) is 0 Å². The standard InChI is InChI=1S/C19H21ClN4O3S2/c1-3-5-12-8-13(11-22-10-12)15-9-14(20)16(28-15)19-6-4-7-27-17(19)29(25,26)24(2)18(21)23-19/h8,10-11,15,17H,4,6-7,9H2,1-2H3,(H2,21,23)/t15?,17?,19-/m1/s1. The molecule has 1 saturated heterocycles. The van der Waals surface area contributed by atoms with Crippen molar-refractivity contribution in [1.29, 1.82) is 0 Å². The molecule has 2 N–H and O–H groups in total. The van der Waals surface area contributed by atoms with Crippen molar-refractivity contribution in [3.05, 3.63) is 39.5 Å². The van der Waals surface area contributed by atoms with Gasteiger partial charge in [-0.15, -0.1) is 17.7 Å². The lowest BCUT2D eigenvalue weighted by atomic mass is 9.91. The molecule has 3 aliphatic rings. The Morgan fingerprint density at radius 1 is 1.45 bits per heavy atom. The highest BCUT2D eigenvalue weighted by atomic mass is 35.5. The van der Waals surface area contributed by atoms with E-state index >= 15 is 0 Å². The van der Waals surface area contributed by atoms with E-state index in [2.05, 4.69) is 21.8 Å². The summed E-state index contributed by atoms with van der Waals surface area (Å²) in [5.74, 6) is 5.84. The first-order chi connectivity index (χ1) is 13.8. The number of pyridine rings is 1. The van der Waals surface area contributed by atoms with Crippen molar-refractivity contribution in [2.75, 3.05) is 13.7 Å². The molecular weight excluding hydrogens is 432 g/mol. The van der Waals surface area contributed by atoms with Gasteiger partial charge in [-0.3, -0.25) is 4.98 Å². The number of fused-ring (bicyclic) bond motifs is 1. The second kappa shape index (κ2) is 7.51. The predicted octanol–water partition coefficient (Wildman–Crippen LogP) is 2.55. The summed E-state index contributed by atoms with van der Waals surface area (Å²) in [4.78, 5) is 9.64. The van der Waals surface area contributed by atoms with Crippen LogP contribution in [0.1, 0.15) is 42.6 Å². The molecular formula is C19H21ClN4O3S2. The molecule has 0 aromatic carbocycles. The maximum Gasteiger partial charge on any atom is 0.267 e. The molecule has 4 heterocycles. The van der Waals surface area contributed by atoms with E-state index < -0.39 is 21.0 Å². The summed E-state index contributed by atoms with van der Waals surface area (Å²) in [6, 6.07) is 1.99. The fourth-order valence-corrected chi connectivity index (χ4v) is 7.65.